The predicted molar refractivity (Wildman–Crippen MR) is 35.1 cm³/mol. The van der Waals surface area contributed by atoms with Crippen molar-refractivity contribution in [3.63, 3.8) is 0 Å². The van der Waals surface area contributed by atoms with Crippen molar-refractivity contribution in [3.05, 3.63) is 0 Å². The first-order valence-corrected chi connectivity index (χ1v) is 3.66. The van der Waals surface area contributed by atoms with E-state index in [4.69, 9.17) is 0 Å². The van der Waals surface area contributed by atoms with Crippen LogP contribution in [0.3, 0.4) is 0 Å². The van der Waals surface area contributed by atoms with Crippen LogP contribution < -0.4 is 0 Å². The van der Waals surface area contributed by atoms with Gasteiger partial charge >= 0.3 is 6.18 Å². The molecule has 0 fully saturated rings. The van der Waals surface area contributed by atoms with Gasteiger partial charge < -0.3 is 0 Å². The van der Waals surface area contributed by atoms with Gasteiger partial charge in [0.2, 0.25) is 0 Å². The van der Waals surface area contributed by atoms with Gasteiger partial charge in [-0.3, -0.25) is 0 Å². The summed E-state index contributed by atoms with van der Waals surface area (Å²) in [5.74, 6) is 0. The normalized spacial score (nSPS) is 15.0. The minimum absolute atomic E-state index is 0.232. The highest BCUT2D eigenvalue weighted by molar-refractivity contribution is 4.59. The maximum atomic E-state index is 12.4. The Morgan fingerprint density at radius 3 is 2.09 bits per heavy atom. The molecule has 0 unspecified atom stereocenters. The van der Waals surface area contributed by atoms with Crippen molar-refractivity contribution < 1.29 is 17.6 Å². The van der Waals surface area contributed by atoms with Crippen LogP contribution in [0, 0.1) is 0 Å². The molecule has 11 heavy (non-hydrogen) atoms. The van der Waals surface area contributed by atoms with E-state index in [-0.39, 0.29) is 6.42 Å². The zero-order valence-electron chi connectivity index (χ0n) is 6.42. The van der Waals surface area contributed by atoms with Crippen LogP contribution in [0.25, 0.3) is 0 Å². The smallest absolute Gasteiger partial charge is 0.247 e. The molecule has 1 atom stereocenters. The Balaban J connectivity index is 3.38. The van der Waals surface area contributed by atoms with Gasteiger partial charge in [0.15, 0.2) is 0 Å². The topological polar surface area (TPSA) is 0 Å². The van der Waals surface area contributed by atoms with E-state index in [1.807, 2.05) is 0 Å². The van der Waals surface area contributed by atoms with Gasteiger partial charge in [-0.1, -0.05) is 13.3 Å². The summed E-state index contributed by atoms with van der Waals surface area (Å²) in [6.07, 6.45) is -6.07. The van der Waals surface area contributed by atoms with E-state index in [2.05, 4.69) is 0 Å². The first kappa shape index (κ1) is 10.7. The maximum Gasteiger partial charge on any atom is 0.389 e. The van der Waals surface area contributed by atoms with Crippen LogP contribution in [0.5, 0.6) is 0 Å². The quantitative estimate of drug-likeness (QED) is 0.569. The molecule has 0 rings (SSSR count). The van der Waals surface area contributed by atoms with Crippen molar-refractivity contribution >= 4 is 0 Å². The summed E-state index contributed by atoms with van der Waals surface area (Å²) < 4.78 is 46.9. The van der Waals surface area contributed by atoms with Gasteiger partial charge in [0.25, 0.3) is 0 Å². The minimum Gasteiger partial charge on any atom is -0.247 e. The largest absolute Gasteiger partial charge is 0.389 e. The molecule has 0 radical (unpaired) electrons. The summed E-state index contributed by atoms with van der Waals surface area (Å²) in [6, 6.07) is 0. The van der Waals surface area contributed by atoms with Crippen molar-refractivity contribution in [1.29, 1.82) is 0 Å². The Bertz CT molecular complexity index is 97.1. The lowest BCUT2D eigenvalue weighted by Gasteiger charge is -2.08. The molecule has 0 aliphatic heterocycles. The van der Waals surface area contributed by atoms with E-state index in [0.717, 1.165) is 0 Å². The molecule has 0 aliphatic carbocycles. The fourth-order valence-electron chi connectivity index (χ4n) is 0.778. The second-order valence-corrected chi connectivity index (χ2v) is 2.54. The molecule has 0 aliphatic rings. The molecule has 0 nitrogen and oxygen atoms in total. The fraction of sp³-hybridized carbons (Fsp3) is 1.00. The molecule has 0 spiro atoms. The zero-order valence-corrected chi connectivity index (χ0v) is 6.42. The van der Waals surface area contributed by atoms with E-state index in [1.165, 1.54) is 0 Å². The maximum absolute atomic E-state index is 12.4. The monoisotopic (exact) mass is 172 g/mol. The third-order valence-electron chi connectivity index (χ3n) is 1.34. The zero-order chi connectivity index (χ0) is 8.91. The van der Waals surface area contributed by atoms with Crippen LogP contribution in [0.15, 0.2) is 0 Å². The molecule has 0 aromatic heterocycles. The Labute approximate surface area is 63.6 Å². The van der Waals surface area contributed by atoms with Crippen molar-refractivity contribution in [3.8, 4) is 0 Å². The second-order valence-electron chi connectivity index (χ2n) is 2.54. The lowest BCUT2D eigenvalue weighted by Crippen LogP contribution is -2.11. The Hall–Kier alpha value is -0.280. The van der Waals surface area contributed by atoms with Gasteiger partial charge in [0.05, 0.1) is 0 Å². The van der Waals surface area contributed by atoms with Gasteiger partial charge in [0.1, 0.15) is 6.17 Å². The summed E-state index contributed by atoms with van der Waals surface area (Å²) in [7, 11) is 0. The van der Waals surface area contributed by atoms with Crippen molar-refractivity contribution in [2.45, 2.75) is 45.0 Å². The van der Waals surface area contributed by atoms with Crippen LogP contribution >= 0.6 is 0 Å². The summed E-state index contributed by atoms with van der Waals surface area (Å²) in [5, 5.41) is 0. The molecule has 4 heteroatoms. The highest BCUT2D eigenvalue weighted by atomic mass is 19.4. The van der Waals surface area contributed by atoms with Crippen LogP contribution in [0.1, 0.15) is 32.6 Å². The van der Waals surface area contributed by atoms with Crippen molar-refractivity contribution in [2.75, 3.05) is 0 Å². The number of hydrogen-bond acceptors (Lipinski definition) is 0. The Morgan fingerprint density at radius 2 is 1.73 bits per heavy atom. The lowest BCUT2D eigenvalue weighted by molar-refractivity contribution is -0.138. The number of rotatable bonds is 4. The van der Waals surface area contributed by atoms with Gasteiger partial charge in [-0.05, 0) is 12.8 Å². The molecule has 0 heterocycles. The highest BCUT2D eigenvalue weighted by Crippen LogP contribution is 2.24. The van der Waals surface area contributed by atoms with Crippen LogP contribution in [-0.2, 0) is 0 Å². The Kier molecular flexibility index (Phi) is 4.45. The number of alkyl halides is 4. The van der Waals surface area contributed by atoms with E-state index in [9.17, 15) is 17.6 Å². The predicted octanol–water partition coefficient (Wildman–Crippen LogP) is 3.47. The molecular formula is C7H12F4. The third-order valence-corrected chi connectivity index (χ3v) is 1.34. The molecule has 0 amide bonds. The van der Waals surface area contributed by atoms with Crippen molar-refractivity contribution in [2.24, 2.45) is 0 Å². The van der Waals surface area contributed by atoms with Gasteiger partial charge in [-0.25, -0.2) is 4.39 Å². The first-order valence-electron chi connectivity index (χ1n) is 3.66. The molecule has 0 saturated heterocycles. The summed E-state index contributed by atoms with van der Waals surface area (Å²) in [4.78, 5) is 0. The van der Waals surface area contributed by atoms with E-state index in [0.29, 0.717) is 6.42 Å². The fourth-order valence-corrected chi connectivity index (χ4v) is 0.778. The van der Waals surface area contributed by atoms with Crippen LogP contribution in [-0.4, -0.2) is 12.3 Å². The van der Waals surface area contributed by atoms with Gasteiger partial charge in [-0.15, -0.1) is 0 Å². The van der Waals surface area contributed by atoms with E-state index >= 15 is 0 Å². The highest BCUT2D eigenvalue weighted by Gasteiger charge is 2.27. The third kappa shape index (κ3) is 7.62. The molecule has 0 bridgehead atoms. The minimum atomic E-state index is -4.21. The molecule has 0 aromatic rings. The van der Waals surface area contributed by atoms with Crippen LogP contribution in [0.2, 0.25) is 0 Å². The van der Waals surface area contributed by atoms with E-state index < -0.39 is 25.2 Å². The molecular weight excluding hydrogens is 160 g/mol. The Morgan fingerprint density at radius 1 is 1.18 bits per heavy atom. The molecule has 0 N–H and O–H groups in total. The summed E-state index contributed by atoms with van der Waals surface area (Å²) in [6.45, 7) is 1.75. The number of hydrogen-bond donors (Lipinski definition) is 0. The molecule has 68 valence electrons. The van der Waals surface area contributed by atoms with Gasteiger partial charge in [0, 0.05) is 6.42 Å². The second kappa shape index (κ2) is 4.57. The summed E-state index contributed by atoms with van der Waals surface area (Å²) in [5.41, 5.74) is 0. The van der Waals surface area contributed by atoms with E-state index in [1.54, 1.807) is 6.92 Å². The molecule has 0 saturated carbocycles. The average molecular weight is 172 g/mol. The molecule has 0 aromatic carbocycles. The van der Waals surface area contributed by atoms with Crippen LogP contribution in [0.4, 0.5) is 17.6 Å². The average Bonchev–Trinajstić information content (AvgIpc) is 1.83. The first-order chi connectivity index (χ1) is 4.95. The van der Waals surface area contributed by atoms with Crippen molar-refractivity contribution in [1.82, 2.24) is 0 Å². The SMILES string of the molecule is CCC[C@H](F)CCC(F)(F)F. The standard InChI is InChI=1S/C7H12F4/c1-2-3-6(8)4-5-7(9,10)11/h6H,2-5H2,1H3/t6-/m0/s1. The number of halogens is 4. The van der Waals surface area contributed by atoms with Gasteiger partial charge in [-0.2, -0.15) is 13.2 Å². The lowest BCUT2D eigenvalue weighted by atomic mass is 10.1. The summed E-state index contributed by atoms with van der Waals surface area (Å²) >= 11 is 0.